The number of nitrogens with zero attached hydrogens (tertiary/aromatic N) is 3. The van der Waals surface area contributed by atoms with Crippen LogP contribution in [-0.4, -0.2) is 33.1 Å². The minimum absolute atomic E-state index is 0.0212. The summed E-state index contributed by atoms with van der Waals surface area (Å²) in [6.07, 6.45) is 3.40. The predicted molar refractivity (Wildman–Crippen MR) is 97.8 cm³/mol. The molecule has 7 heteroatoms. The zero-order valence-electron chi connectivity index (χ0n) is 14.5. The third-order valence-corrected chi connectivity index (χ3v) is 4.97. The second-order valence-corrected chi connectivity index (χ2v) is 6.59. The van der Waals surface area contributed by atoms with Crippen LogP contribution in [0.4, 0.5) is 5.69 Å². The highest BCUT2D eigenvalue weighted by Crippen LogP contribution is 2.38. The molecule has 2 aromatic heterocycles. The van der Waals surface area contributed by atoms with Crippen molar-refractivity contribution in [3.8, 4) is 0 Å². The Morgan fingerprint density at radius 1 is 1.35 bits per heavy atom. The van der Waals surface area contributed by atoms with E-state index in [1.165, 1.54) is 11.6 Å². The summed E-state index contributed by atoms with van der Waals surface area (Å²) in [5.41, 5.74) is 3.76. The summed E-state index contributed by atoms with van der Waals surface area (Å²) in [5.74, 6) is -0.433. The molecule has 1 aliphatic carbocycles. The van der Waals surface area contributed by atoms with Crippen molar-refractivity contribution in [2.75, 3.05) is 11.9 Å². The Bertz CT molecular complexity index is 1070. The van der Waals surface area contributed by atoms with Gasteiger partial charge in [0.05, 0.1) is 28.8 Å². The summed E-state index contributed by atoms with van der Waals surface area (Å²) in [6.45, 7) is 1.78. The number of carbonyl (C=O) groups is 1. The molecule has 1 aromatic carbocycles. The Morgan fingerprint density at radius 2 is 2.15 bits per heavy atom. The molecular formula is C19H18N4O3. The SMILES string of the molecule is Cc1nc2cc3c(cc2c(=O)[nH]1)[C@@H](N(C)c1ccc(C(=O)O)nc1)CC3. The minimum atomic E-state index is -1.04. The van der Waals surface area contributed by atoms with Crippen molar-refractivity contribution in [3.05, 3.63) is 63.5 Å². The molecule has 1 aliphatic rings. The number of H-pyrrole nitrogens is 1. The van der Waals surface area contributed by atoms with E-state index in [4.69, 9.17) is 5.11 Å². The fourth-order valence-electron chi connectivity index (χ4n) is 3.64. The van der Waals surface area contributed by atoms with Gasteiger partial charge in [0.2, 0.25) is 0 Å². The van der Waals surface area contributed by atoms with E-state index in [-0.39, 0.29) is 17.3 Å². The van der Waals surface area contributed by atoms with E-state index in [9.17, 15) is 9.59 Å². The standard InChI is InChI=1S/C19H18N4O3/c1-10-21-16-7-11-3-6-17(13(11)8-14(16)18(24)22-10)23(2)12-4-5-15(19(25)26)20-9-12/h4-5,7-9,17H,3,6H2,1-2H3,(H,25,26)(H,21,22,24)/t17-/m0/s1. The summed E-state index contributed by atoms with van der Waals surface area (Å²) in [6, 6.07) is 7.30. The van der Waals surface area contributed by atoms with E-state index in [0.717, 1.165) is 29.6 Å². The van der Waals surface area contributed by atoms with Crippen molar-refractivity contribution in [3.63, 3.8) is 0 Å². The van der Waals surface area contributed by atoms with Gasteiger partial charge in [-0.3, -0.25) is 4.79 Å². The number of carboxylic acids is 1. The summed E-state index contributed by atoms with van der Waals surface area (Å²) in [7, 11) is 1.96. The van der Waals surface area contributed by atoms with Crippen LogP contribution in [0.15, 0.2) is 35.3 Å². The molecule has 2 heterocycles. The van der Waals surface area contributed by atoms with Crippen LogP contribution in [0.1, 0.15) is 39.9 Å². The Kier molecular flexibility index (Phi) is 3.72. The second kappa shape index (κ2) is 5.94. The van der Waals surface area contributed by atoms with E-state index >= 15 is 0 Å². The Labute approximate surface area is 149 Å². The topological polar surface area (TPSA) is 99.2 Å². The molecule has 0 saturated heterocycles. The number of pyridine rings is 1. The lowest BCUT2D eigenvalue weighted by atomic mass is 10.0. The molecule has 4 rings (SSSR count). The zero-order chi connectivity index (χ0) is 18.4. The van der Waals surface area contributed by atoms with Gasteiger partial charge in [0.25, 0.3) is 5.56 Å². The molecule has 0 spiro atoms. The maximum Gasteiger partial charge on any atom is 0.354 e. The van der Waals surface area contributed by atoms with Crippen molar-refractivity contribution in [1.82, 2.24) is 15.0 Å². The summed E-state index contributed by atoms with van der Waals surface area (Å²) in [5, 5.41) is 9.58. The molecule has 7 nitrogen and oxygen atoms in total. The first-order valence-corrected chi connectivity index (χ1v) is 8.39. The first-order chi connectivity index (χ1) is 12.4. The third-order valence-electron chi connectivity index (χ3n) is 4.97. The van der Waals surface area contributed by atoms with Crippen LogP contribution < -0.4 is 10.5 Å². The molecular weight excluding hydrogens is 332 g/mol. The van der Waals surface area contributed by atoms with Crippen molar-refractivity contribution in [2.45, 2.75) is 25.8 Å². The van der Waals surface area contributed by atoms with Crippen LogP contribution in [0.2, 0.25) is 0 Å². The fraction of sp³-hybridized carbons (Fsp3) is 0.263. The normalized spacial score (nSPS) is 15.8. The van der Waals surface area contributed by atoms with E-state index < -0.39 is 5.97 Å². The smallest absolute Gasteiger partial charge is 0.354 e. The number of fused-ring (bicyclic) bond motifs is 2. The number of aromatic nitrogens is 3. The number of hydrogen-bond donors (Lipinski definition) is 2. The van der Waals surface area contributed by atoms with Gasteiger partial charge in [0, 0.05) is 7.05 Å². The van der Waals surface area contributed by atoms with Crippen LogP contribution in [0.3, 0.4) is 0 Å². The Balaban J connectivity index is 1.73. The lowest BCUT2D eigenvalue weighted by Gasteiger charge is -2.27. The first kappa shape index (κ1) is 16.3. The van der Waals surface area contributed by atoms with Gasteiger partial charge in [-0.05, 0) is 55.2 Å². The van der Waals surface area contributed by atoms with Crippen LogP contribution in [-0.2, 0) is 6.42 Å². The van der Waals surface area contributed by atoms with Gasteiger partial charge in [-0.25, -0.2) is 14.8 Å². The molecule has 3 aromatic rings. The lowest BCUT2D eigenvalue weighted by Crippen LogP contribution is -2.23. The van der Waals surface area contributed by atoms with Gasteiger partial charge in [0.1, 0.15) is 11.5 Å². The highest BCUT2D eigenvalue weighted by atomic mass is 16.4. The van der Waals surface area contributed by atoms with Gasteiger partial charge in [0.15, 0.2) is 0 Å². The fourth-order valence-corrected chi connectivity index (χ4v) is 3.64. The highest BCUT2D eigenvalue weighted by molar-refractivity contribution is 5.85. The molecule has 0 saturated carbocycles. The second-order valence-electron chi connectivity index (χ2n) is 6.59. The average Bonchev–Trinajstić information content (AvgIpc) is 3.02. The van der Waals surface area contributed by atoms with Gasteiger partial charge in [-0.15, -0.1) is 0 Å². The van der Waals surface area contributed by atoms with Crippen LogP contribution in [0, 0.1) is 6.92 Å². The van der Waals surface area contributed by atoms with Gasteiger partial charge in [-0.2, -0.15) is 0 Å². The molecule has 1 atom stereocenters. The number of aromatic carboxylic acids is 1. The summed E-state index contributed by atoms with van der Waals surface area (Å²) >= 11 is 0. The van der Waals surface area contributed by atoms with Crippen LogP contribution in [0.5, 0.6) is 0 Å². The molecule has 0 radical (unpaired) electrons. The summed E-state index contributed by atoms with van der Waals surface area (Å²) in [4.78, 5) is 36.5. The van der Waals surface area contributed by atoms with Gasteiger partial charge in [-0.1, -0.05) is 0 Å². The molecule has 0 unspecified atom stereocenters. The number of rotatable bonds is 3. The van der Waals surface area contributed by atoms with Crippen LogP contribution in [0.25, 0.3) is 10.9 Å². The third kappa shape index (κ3) is 2.61. The molecule has 2 N–H and O–H groups in total. The minimum Gasteiger partial charge on any atom is -0.477 e. The first-order valence-electron chi connectivity index (χ1n) is 8.39. The van der Waals surface area contributed by atoms with E-state index in [0.29, 0.717) is 11.2 Å². The number of nitrogens with one attached hydrogen (secondary N) is 1. The number of aryl methyl sites for hydroxylation is 2. The van der Waals surface area contributed by atoms with Gasteiger partial charge >= 0.3 is 5.97 Å². The molecule has 0 bridgehead atoms. The monoisotopic (exact) mass is 350 g/mol. The van der Waals surface area contributed by atoms with E-state index in [1.807, 2.05) is 19.2 Å². The molecule has 0 amide bonds. The lowest BCUT2D eigenvalue weighted by molar-refractivity contribution is 0.0690. The number of anilines is 1. The highest BCUT2D eigenvalue weighted by Gasteiger charge is 2.27. The maximum atomic E-state index is 12.3. The number of benzene rings is 1. The van der Waals surface area contributed by atoms with E-state index in [2.05, 4.69) is 19.9 Å². The van der Waals surface area contributed by atoms with Crippen LogP contribution >= 0.6 is 0 Å². The molecule has 132 valence electrons. The van der Waals surface area contributed by atoms with Gasteiger partial charge < -0.3 is 15.0 Å². The molecule has 0 aliphatic heterocycles. The number of carboxylic acid groups (broad SMARTS) is 1. The van der Waals surface area contributed by atoms with Crippen molar-refractivity contribution in [1.29, 1.82) is 0 Å². The van der Waals surface area contributed by atoms with Crippen molar-refractivity contribution in [2.24, 2.45) is 0 Å². The molecule has 0 fully saturated rings. The number of hydrogen-bond acceptors (Lipinski definition) is 5. The predicted octanol–water partition coefficient (Wildman–Crippen LogP) is 2.45. The quantitative estimate of drug-likeness (QED) is 0.753. The van der Waals surface area contributed by atoms with Crippen molar-refractivity contribution >= 4 is 22.6 Å². The van der Waals surface area contributed by atoms with Crippen molar-refractivity contribution < 1.29 is 9.90 Å². The largest absolute Gasteiger partial charge is 0.477 e. The van der Waals surface area contributed by atoms with E-state index in [1.54, 1.807) is 19.2 Å². The zero-order valence-corrected chi connectivity index (χ0v) is 14.5. The Morgan fingerprint density at radius 3 is 2.85 bits per heavy atom. The average molecular weight is 350 g/mol. The summed E-state index contributed by atoms with van der Waals surface area (Å²) < 4.78 is 0. The molecule has 26 heavy (non-hydrogen) atoms. The number of aromatic amines is 1. The Hall–Kier alpha value is -3.22. The maximum absolute atomic E-state index is 12.3.